The van der Waals surface area contributed by atoms with Gasteiger partial charge in [0.2, 0.25) is 0 Å². The van der Waals surface area contributed by atoms with Crippen molar-refractivity contribution in [2.45, 2.75) is 64.3 Å². The van der Waals surface area contributed by atoms with Crippen molar-refractivity contribution in [3.05, 3.63) is 0 Å². The van der Waals surface area contributed by atoms with Gasteiger partial charge in [-0.1, -0.05) is 19.8 Å². The molecule has 3 N–H and O–H groups in total. The summed E-state index contributed by atoms with van der Waals surface area (Å²) >= 11 is 0. The summed E-state index contributed by atoms with van der Waals surface area (Å²) in [6.45, 7) is 6.01. The summed E-state index contributed by atoms with van der Waals surface area (Å²) in [5.41, 5.74) is 6.52. The van der Waals surface area contributed by atoms with Crippen molar-refractivity contribution >= 4 is 0 Å². The predicted molar refractivity (Wildman–Crippen MR) is 80.0 cm³/mol. The van der Waals surface area contributed by atoms with Crippen molar-refractivity contribution in [1.82, 2.24) is 4.90 Å². The molecule has 2 fully saturated rings. The highest BCUT2D eigenvalue weighted by molar-refractivity contribution is 4.91. The maximum atomic E-state index is 9.02. The molecule has 112 valence electrons. The second-order valence-electron chi connectivity index (χ2n) is 7.02. The van der Waals surface area contributed by atoms with E-state index in [0.717, 1.165) is 25.3 Å². The zero-order chi connectivity index (χ0) is 13.7. The molecule has 1 saturated heterocycles. The smallest absolute Gasteiger partial charge is 0.0431 e. The van der Waals surface area contributed by atoms with Gasteiger partial charge in [0.25, 0.3) is 0 Å². The highest BCUT2D eigenvalue weighted by Gasteiger charge is 2.37. The molecule has 1 heterocycles. The van der Waals surface area contributed by atoms with Crippen LogP contribution >= 0.6 is 0 Å². The van der Waals surface area contributed by atoms with Gasteiger partial charge in [0.1, 0.15) is 0 Å². The molecule has 0 spiro atoms. The van der Waals surface area contributed by atoms with Crippen LogP contribution in [0.1, 0.15) is 58.3 Å². The lowest BCUT2D eigenvalue weighted by Crippen LogP contribution is -2.46. The van der Waals surface area contributed by atoms with E-state index in [9.17, 15) is 0 Å². The summed E-state index contributed by atoms with van der Waals surface area (Å²) in [5.74, 6) is 0.892. The Morgan fingerprint density at radius 1 is 1.26 bits per heavy atom. The van der Waals surface area contributed by atoms with Crippen LogP contribution in [0, 0.1) is 11.3 Å². The fourth-order valence-corrected chi connectivity index (χ4v) is 3.99. The Bertz CT molecular complexity index is 261. The van der Waals surface area contributed by atoms with Crippen LogP contribution in [0.15, 0.2) is 0 Å². The van der Waals surface area contributed by atoms with Gasteiger partial charge < -0.3 is 10.8 Å². The molecule has 1 saturated carbocycles. The Hall–Kier alpha value is -0.120. The molecule has 0 aromatic rings. The predicted octanol–water partition coefficient (Wildman–Crippen LogP) is 2.38. The van der Waals surface area contributed by atoms with Gasteiger partial charge in [-0.3, -0.25) is 4.90 Å². The number of nitrogens with two attached hydrogens (primary N) is 1. The number of aliphatic hydroxyl groups is 1. The van der Waals surface area contributed by atoms with Crippen molar-refractivity contribution in [1.29, 1.82) is 0 Å². The third-order valence-corrected chi connectivity index (χ3v) is 5.50. The number of hydrogen-bond donors (Lipinski definition) is 2. The lowest BCUT2D eigenvalue weighted by molar-refractivity contribution is 0.0838. The van der Waals surface area contributed by atoms with E-state index in [1.807, 2.05) is 0 Å². The summed E-state index contributed by atoms with van der Waals surface area (Å²) in [6, 6.07) is 0.704. The molecule has 3 heteroatoms. The van der Waals surface area contributed by atoms with Crippen LogP contribution < -0.4 is 5.73 Å². The molecule has 2 aliphatic rings. The van der Waals surface area contributed by atoms with Gasteiger partial charge in [0.15, 0.2) is 0 Å². The Labute approximate surface area is 118 Å². The first-order chi connectivity index (χ1) is 9.19. The quantitative estimate of drug-likeness (QED) is 0.777. The maximum absolute atomic E-state index is 9.02. The fraction of sp³-hybridized carbons (Fsp3) is 1.00. The topological polar surface area (TPSA) is 49.5 Å². The van der Waals surface area contributed by atoms with Gasteiger partial charge in [-0.05, 0) is 62.9 Å². The van der Waals surface area contributed by atoms with Gasteiger partial charge in [0, 0.05) is 19.2 Å². The Morgan fingerprint density at radius 2 is 2.00 bits per heavy atom. The Kier molecular flexibility index (Phi) is 5.67. The van der Waals surface area contributed by atoms with Gasteiger partial charge in [-0.25, -0.2) is 0 Å². The zero-order valence-corrected chi connectivity index (χ0v) is 12.6. The molecule has 1 unspecified atom stereocenters. The number of aliphatic hydroxyl groups excluding tert-OH is 1. The average Bonchev–Trinajstić information content (AvgIpc) is 2.86. The van der Waals surface area contributed by atoms with Crippen LogP contribution in [0.2, 0.25) is 0 Å². The lowest BCUT2D eigenvalue weighted by Gasteiger charge is -2.42. The minimum atomic E-state index is 0.337. The largest absolute Gasteiger partial charge is 0.396 e. The lowest BCUT2D eigenvalue weighted by atomic mass is 9.70. The summed E-state index contributed by atoms with van der Waals surface area (Å²) < 4.78 is 0. The molecule has 2 rings (SSSR count). The molecule has 0 radical (unpaired) electrons. The molecule has 0 amide bonds. The third kappa shape index (κ3) is 3.93. The minimum absolute atomic E-state index is 0.337. The van der Waals surface area contributed by atoms with Gasteiger partial charge in [0.05, 0.1) is 0 Å². The van der Waals surface area contributed by atoms with Crippen LogP contribution in [0.5, 0.6) is 0 Å². The van der Waals surface area contributed by atoms with E-state index in [2.05, 4.69) is 11.8 Å². The van der Waals surface area contributed by atoms with Crippen LogP contribution in [-0.4, -0.2) is 42.3 Å². The molecule has 1 atom stereocenters. The first-order valence-corrected chi connectivity index (χ1v) is 8.24. The number of hydrogen-bond acceptors (Lipinski definition) is 3. The van der Waals surface area contributed by atoms with Crippen molar-refractivity contribution in [3.8, 4) is 0 Å². The van der Waals surface area contributed by atoms with Gasteiger partial charge in [-0.2, -0.15) is 0 Å². The van der Waals surface area contributed by atoms with E-state index in [0.29, 0.717) is 18.1 Å². The van der Waals surface area contributed by atoms with E-state index in [1.54, 1.807) is 0 Å². The van der Waals surface area contributed by atoms with Crippen molar-refractivity contribution in [3.63, 3.8) is 0 Å². The molecular formula is C16H32N2O. The summed E-state index contributed by atoms with van der Waals surface area (Å²) in [4.78, 5) is 2.68. The van der Waals surface area contributed by atoms with E-state index in [-0.39, 0.29) is 0 Å². The maximum Gasteiger partial charge on any atom is 0.0431 e. The first-order valence-electron chi connectivity index (χ1n) is 8.24. The Balaban J connectivity index is 1.90. The summed E-state index contributed by atoms with van der Waals surface area (Å²) in [5, 5.41) is 9.02. The van der Waals surface area contributed by atoms with Gasteiger partial charge in [-0.15, -0.1) is 0 Å². The van der Waals surface area contributed by atoms with E-state index < -0.39 is 0 Å². The van der Waals surface area contributed by atoms with Crippen molar-refractivity contribution in [2.24, 2.45) is 17.1 Å². The number of rotatable bonds is 6. The molecule has 0 aromatic carbocycles. The van der Waals surface area contributed by atoms with Crippen molar-refractivity contribution < 1.29 is 5.11 Å². The number of nitrogens with zero attached hydrogens (tertiary/aromatic N) is 1. The van der Waals surface area contributed by atoms with Crippen LogP contribution in [-0.2, 0) is 0 Å². The SMILES string of the molecule is CC1CCC(CN)(CN2CCCC2CCCO)CC1. The monoisotopic (exact) mass is 268 g/mol. The minimum Gasteiger partial charge on any atom is -0.396 e. The van der Waals surface area contributed by atoms with Crippen LogP contribution in [0.3, 0.4) is 0 Å². The molecule has 19 heavy (non-hydrogen) atoms. The molecule has 1 aliphatic heterocycles. The van der Waals surface area contributed by atoms with Gasteiger partial charge >= 0.3 is 0 Å². The van der Waals surface area contributed by atoms with Crippen LogP contribution in [0.25, 0.3) is 0 Å². The van der Waals surface area contributed by atoms with E-state index in [1.165, 1.54) is 51.6 Å². The Morgan fingerprint density at radius 3 is 2.63 bits per heavy atom. The summed E-state index contributed by atoms with van der Waals surface area (Å²) in [7, 11) is 0. The van der Waals surface area contributed by atoms with E-state index in [4.69, 9.17) is 10.8 Å². The normalized spacial score (nSPS) is 36.8. The highest BCUT2D eigenvalue weighted by Crippen LogP contribution is 2.40. The highest BCUT2D eigenvalue weighted by atomic mass is 16.2. The van der Waals surface area contributed by atoms with Crippen molar-refractivity contribution in [2.75, 3.05) is 26.2 Å². The molecule has 3 nitrogen and oxygen atoms in total. The van der Waals surface area contributed by atoms with Crippen LogP contribution in [0.4, 0.5) is 0 Å². The van der Waals surface area contributed by atoms with E-state index >= 15 is 0 Å². The molecule has 0 aromatic heterocycles. The standard InChI is InChI=1S/C16H32N2O/c1-14-6-8-16(12-17,9-7-14)13-18-10-2-4-15(18)5-3-11-19/h14-15,19H,2-13,17H2,1H3. The molecular weight excluding hydrogens is 236 g/mol. The first kappa shape index (κ1) is 15.3. The number of likely N-dealkylation sites (tertiary alicyclic amines) is 1. The average molecular weight is 268 g/mol. The summed E-state index contributed by atoms with van der Waals surface area (Å²) in [6.07, 6.45) is 10.1. The molecule has 1 aliphatic carbocycles. The third-order valence-electron chi connectivity index (χ3n) is 5.50. The second kappa shape index (κ2) is 7.05. The molecule has 0 bridgehead atoms. The second-order valence-corrected chi connectivity index (χ2v) is 7.02. The fourth-order valence-electron chi connectivity index (χ4n) is 3.99. The zero-order valence-electron chi connectivity index (χ0n) is 12.6.